The van der Waals surface area contributed by atoms with Crippen LogP contribution < -0.4 is 16.2 Å². The number of rotatable bonds is 6. The smallest absolute Gasteiger partial charge is 0.306 e. The summed E-state index contributed by atoms with van der Waals surface area (Å²) in [7, 11) is 1.23. The fourth-order valence-electron chi connectivity index (χ4n) is 2.24. The van der Waals surface area contributed by atoms with Gasteiger partial charge in [-0.2, -0.15) is 0 Å². The number of carbonyl (C=O) groups is 4. The molecule has 1 rings (SSSR count). The van der Waals surface area contributed by atoms with Crippen molar-refractivity contribution in [1.82, 2.24) is 16.2 Å². The van der Waals surface area contributed by atoms with E-state index in [4.69, 9.17) is 0 Å². The number of esters is 1. The van der Waals surface area contributed by atoms with E-state index < -0.39 is 17.8 Å². The summed E-state index contributed by atoms with van der Waals surface area (Å²) in [6.45, 7) is -0.188. The van der Waals surface area contributed by atoms with Gasteiger partial charge in [0.2, 0.25) is 11.8 Å². The fourth-order valence-corrected chi connectivity index (χ4v) is 2.24. The predicted octanol–water partition coefficient (Wildman–Crippen LogP) is -0.216. The average Bonchev–Trinajstić information content (AvgIpc) is 2.56. The van der Waals surface area contributed by atoms with Crippen LogP contribution in [0.5, 0.6) is 0 Å². The summed E-state index contributed by atoms with van der Waals surface area (Å²) >= 11 is 0. The first-order valence-corrected chi connectivity index (χ1v) is 7.45. The lowest BCUT2D eigenvalue weighted by Crippen LogP contribution is -2.47. The Hall–Kier alpha value is -2.12. The summed E-state index contributed by atoms with van der Waals surface area (Å²) in [6, 6.07) is 0. The van der Waals surface area contributed by atoms with Crippen molar-refractivity contribution < 1.29 is 23.9 Å². The van der Waals surface area contributed by atoms with E-state index in [1.165, 1.54) is 7.11 Å². The Morgan fingerprint density at radius 1 is 0.955 bits per heavy atom. The predicted molar refractivity (Wildman–Crippen MR) is 77.1 cm³/mol. The molecular formula is C14H23N3O5. The minimum Gasteiger partial charge on any atom is -0.469 e. The Balaban J connectivity index is 2.13. The number of hydrogen-bond donors (Lipinski definition) is 3. The second kappa shape index (κ2) is 9.75. The molecule has 8 heteroatoms. The molecule has 3 amide bonds. The molecule has 0 unspecified atom stereocenters. The van der Waals surface area contributed by atoms with E-state index in [0.717, 1.165) is 32.1 Å². The van der Waals surface area contributed by atoms with E-state index in [1.807, 2.05) is 0 Å². The standard InChI is InChI=1S/C14H23N3O5/c1-22-13(20)8-7-11(18)16-17-12(19)9-15-14(21)10-5-3-2-4-6-10/h10H,2-9H2,1H3,(H,15,21)(H,16,18)(H,17,19). The Morgan fingerprint density at radius 2 is 1.59 bits per heavy atom. The topological polar surface area (TPSA) is 114 Å². The fraction of sp³-hybridized carbons (Fsp3) is 0.714. The van der Waals surface area contributed by atoms with Gasteiger partial charge in [-0.3, -0.25) is 30.0 Å². The van der Waals surface area contributed by atoms with Crippen molar-refractivity contribution in [3.8, 4) is 0 Å². The Morgan fingerprint density at radius 3 is 2.23 bits per heavy atom. The molecule has 0 atom stereocenters. The van der Waals surface area contributed by atoms with E-state index in [2.05, 4.69) is 20.9 Å². The summed E-state index contributed by atoms with van der Waals surface area (Å²) < 4.78 is 4.39. The number of carbonyl (C=O) groups excluding carboxylic acids is 4. The highest BCUT2D eigenvalue weighted by Gasteiger charge is 2.21. The molecule has 1 fully saturated rings. The molecule has 0 radical (unpaired) electrons. The number of methoxy groups -OCH3 is 1. The maximum absolute atomic E-state index is 11.8. The number of amides is 3. The van der Waals surface area contributed by atoms with Crippen molar-refractivity contribution in [2.75, 3.05) is 13.7 Å². The van der Waals surface area contributed by atoms with Crippen LogP contribution in [0.4, 0.5) is 0 Å². The van der Waals surface area contributed by atoms with Crippen LogP contribution >= 0.6 is 0 Å². The molecule has 0 bridgehead atoms. The van der Waals surface area contributed by atoms with Crippen molar-refractivity contribution in [3.63, 3.8) is 0 Å². The first-order valence-electron chi connectivity index (χ1n) is 7.45. The molecule has 124 valence electrons. The van der Waals surface area contributed by atoms with Gasteiger partial charge in [-0.1, -0.05) is 19.3 Å². The van der Waals surface area contributed by atoms with Gasteiger partial charge in [-0.25, -0.2) is 0 Å². The SMILES string of the molecule is COC(=O)CCC(=O)NNC(=O)CNC(=O)C1CCCCC1. The van der Waals surface area contributed by atoms with Gasteiger partial charge in [0.1, 0.15) is 0 Å². The molecule has 8 nitrogen and oxygen atoms in total. The minimum absolute atomic E-state index is 0.0174. The molecule has 3 N–H and O–H groups in total. The quantitative estimate of drug-likeness (QED) is 0.463. The molecule has 0 aliphatic heterocycles. The van der Waals surface area contributed by atoms with Gasteiger partial charge >= 0.3 is 5.97 Å². The van der Waals surface area contributed by atoms with Gasteiger partial charge in [0.15, 0.2) is 0 Å². The van der Waals surface area contributed by atoms with Crippen LogP contribution in [0.3, 0.4) is 0 Å². The number of ether oxygens (including phenoxy) is 1. The Kier molecular flexibility index (Phi) is 7.95. The molecule has 1 saturated carbocycles. The second-order valence-corrected chi connectivity index (χ2v) is 5.23. The molecule has 0 aromatic rings. The molecule has 0 aromatic heterocycles. The van der Waals surface area contributed by atoms with E-state index in [1.54, 1.807) is 0 Å². The molecule has 0 heterocycles. The van der Waals surface area contributed by atoms with Crippen molar-refractivity contribution in [2.24, 2.45) is 5.92 Å². The number of hydrogen-bond acceptors (Lipinski definition) is 5. The third-order valence-corrected chi connectivity index (χ3v) is 3.52. The summed E-state index contributed by atoms with van der Waals surface area (Å²) in [4.78, 5) is 45.5. The zero-order valence-electron chi connectivity index (χ0n) is 12.8. The Labute approximate surface area is 129 Å². The van der Waals surface area contributed by atoms with Crippen LogP contribution in [0.2, 0.25) is 0 Å². The van der Waals surface area contributed by atoms with Crippen LogP contribution in [0.1, 0.15) is 44.9 Å². The zero-order valence-corrected chi connectivity index (χ0v) is 12.8. The maximum Gasteiger partial charge on any atom is 0.306 e. The van der Waals surface area contributed by atoms with Crippen LogP contribution in [-0.4, -0.2) is 37.3 Å². The van der Waals surface area contributed by atoms with Crippen molar-refractivity contribution in [2.45, 2.75) is 44.9 Å². The molecule has 0 saturated heterocycles. The largest absolute Gasteiger partial charge is 0.469 e. The van der Waals surface area contributed by atoms with Crippen molar-refractivity contribution in [1.29, 1.82) is 0 Å². The van der Waals surface area contributed by atoms with Gasteiger partial charge in [-0.15, -0.1) is 0 Å². The summed E-state index contributed by atoms with van der Waals surface area (Å²) in [6.07, 6.45) is 4.82. The Bertz CT molecular complexity index is 419. The van der Waals surface area contributed by atoms with Gasteiger partial charge < -0.3 is 10.1 Å². The average molecular weight is 313 g/mol. The summed E-state index contributed by atoms with van der Waals surface area (Å²) in [5.41, 5.74) is 4.34. The third kappa shape index (κ3) is 7.05. The molecular weight excluding hydrogens is 290 g/mol. The number of hydrazine groups is 1. The first kappa shape index (κ1) is 17.9. The van der Waals surface area contributed by atoms with Crippen molar-refractivity contribution in [3.05, 3.63) is 0 Å². The lowest BCUT2D eigenvalue weighted by molar-refractivity contribution is -0.142. The van der Waals surface area contributed by atoms with Gasteiger partial charge in [0, 0.05) is 12.3 Å². The first-order chi connectivity index (χ1) is 10.5. The number of nitrogens with one attached hydrogen (secondary N) is 3. The molecule has 1 aliphatic rings. The van der Waals surface area contributed by atoms with Crippen LogP contribution in [0.15, 0.2) is 0 Å². The lowest BCUT2D eigenvalue weighted by Gasteiger charge is -2.20. The molecule has 22 heavy (non-hydrogen) atoms. The molecule has 0 spiro atoms. The van der Waals surface area contributed by atoms with Crippen LogP contribution in [0.25, 0.3) is 0 Å². The van der Waals surface area contributed by atoms with E-state index in [-0.39, 0.29) is 31.2 Å². The highest BCUT2D eigenvalue weighted by Crippen LogP contribution is 2.23. The van der Waals surface area contributed by atoms with Gasteiger partial charge in [0.05, 0.1) is 20.1 Å². The van der Waals surface area contributed by atoms with Gasteiger partial charge in [0.25, 0.3) is 5.91 Å². The highest BCUT2D eigenvalue weighted by molar-refractivity contribution is 5.88. The normalized spacial score (nSPS) is 14.8. The maximum atomic E-state index is 11.8. The van der Waals surface area contributed by atoms with E-state index in [9.17, 15) is 19.2 Å². The molecule has 1 aliphatic carbocycles. The van der Waals surface area contributed by atoms with E-state index >= 15 is 0 Å². The monoisotopic (exact) mass is 313 g/mol. The highest BCUT2D eigenvalue weighted by atomic mass is 16.5. The minimum atomic E-state index is -0.518. The van der Waals surface area contributed by atoms with Crippen LogP contribution in [0, 0.1) is 5.92 Å². The molecule has 0 aromatic carbocycles. The zero-order chi connectivity index (χ0) is 16.4. The summed E-state index contributed by atoms with van der Waals surface area (Å²) in [5, 5.41) is 2.56. The van der Waals surface area contributed by atoms with Crippen LogP contribution in [-0.2, 0) is 23.9 Å². The van der Waals surface area contributed by atoms with Gasteiger partial charge in [-0.05, 0) is 12.8 Å². The van der Waals surface area contributed by atoms with Crippen molar-refractivity contribution >= 4 is 23.7 Å². The third-order valence-electron chi connectivity index (χ3n) is 3.52. The second-order valence-electron chi connectivity index (χ2n) is 5.23. The van der Waals surface area contributed by atoms with E-state index in [0.29, 0.717) is 0 Å². The lowest BCUT2D eigenvalue weighted by atomic mass is 9.89. The summed E-state index contributed by atoms with van der Waals surface area (Å²) in [5.74, 6) is -1.66.